The van der Waals surface area contributed by atoms with Crippen LogP contribution in [0.2, 0.25) is 0 Å². The van der Waals surface area contributed by atoms with Crippen molar-refractivity contribution in [1.29, 1.82) is 0 Å². The van der Waals surface area contributed by atoms with Crippen molar-refractivity contribution in [3.8, 4) is 5.75 Å². The summed E-state index contributed by atoms with van der Waals surface area (Å²) in [4.78, 5) is 41.0. The van der Waals surface area contributed by atoms with E-state index >= 15 is 0 Å². The first-order chi connectivity index (χ1) is 13.3. The summed E-state index contributed by atoms with van der Waals surface area (Å²) in [7, 11) is 1.66. The first-order valence-electron chi connectivity index (χ1n) is 9.68. The standard InChI is InChI=1S/C20H28N4O4/c1-20(2)18(26)24(19(27)21-20)9-8-17(25)23-12-10-22(11-13-23)14-15-4-6-16(28-3)7-5-15/h4-7H,8-14H2,1-3H3,(H,21,27)/p+1. The highest BCUT2D eigenvalue weighted by atomic mass is 16.5. The molecule has 8 nitrogen and oxygen atoms in total. The molecule has 8 heteroatoms. The fourth-order valence-corrected chi connectivity index (χ4v) is 3.67. The minimum atomic E-state index is -0.892. The molecule has 2 aliphatic heterocycles. The van der Waals surface area contributed by atoms with Crippen LogP contribution in [0.15, 0.2) is 24.3 Å². The second-order valence-electron chi connectivity index (χ2n) is 7.92. The summed E-state index contributed by atoms with van der Waals surface area (Å²) >= 11 is 0. The molecule has 0 unspecified atom stereocenters. The Kier molecular flexibility index (Phi) is 5.88. The van der Waals surface area contributed by atoms with Gasteiger partial charge in [-0.25, -0.2) is 4.79 Å². The Balaban J connectivity index is 1.43. The van der Waals surface area contributed by atoms with E-state index in [0.717, 1.165) is 30.3 Å². The molecular formula is C20H29N4O4+. The van der Waals surface area contributed by atoms with E-state index in [1.54, 1.807) is 21.0 Å². The number of rotatable bonds is 6. The minimum absolute atomic E-state index is 0.00574. The van der Waals surface area contributed by atoms with Gasteiger partial charge in [0.15, 0.2) is 0 Å². The number of hydrogen-bond donors (Lipinski definition) is 2. The Labute approximate surface area is 165 Å². The number of nitrogens with zero attached hydrogens (tertiary/aromatic N) is 2. The summed E-state index contributed by atoms with van der Waals surface area (Å²) in [6.45, 7) is 7.53. The van der Waals surface area contributed by atoms with Gasteiger partial charge >= 0.3 is 6.03 Å². The number of carbonyl (C=O) groups is 3. The van der Waals surface area contributed by atoms with E-state index in [1.807, 2.05) is 17.0 Å². The van der Waals surface area contributed by atoms with Crippen molar-refractivity contribution < 1.29 is 24.0 Å². The minimum Gasteiger partial charge on any atom is -0.497 e. The van der Waals surface area contributed by atoms with Gasteiger partial charge in [-0.2, -0.15) is 0 Å². The zero-order valence-corrected chi connectivity index (χ0v) is 16.8. The molecule has 0 spiro atoms. The average molecular weight is 389 g/mol. The predicted molar refractivity (Wildman–Crippen MR) is 103 cm³/mol. The molecule has 0 radical (unpaired) electrons. The van der Waals surface area contributed by atoms with Crippen LogP contribution >= 0.6 is 0 Å². The van der Waals surface area contributed by atoms with Gasteiger partial charge in [0.25, 0.3) is 5.91 Å². The fraction of sp³-hybridized carbons (Fsp3) is 0.550. The van der Waals surface area contributed by atoms with Crippen LogP contribution in [0, 0.1) is 0 Å². The summed E-state index contributed by atoms with van der Waals surface area (Å²) in [5.41, 5.74) is 0.355. The maximum Gasteiger partial charge on any atom is 0.325 e. The number of hydrogen-bond acceptors (Lipinski definition) is 4. The van der Waals surface area contributed by atoms with Crippen LogP contribution < -0.4 is 15.0 Å². The van der Waals surface area contributed by atoms with Gasteiger partial charge in [-0.1, -0.05) is 0 Å². The number of methoxy groups -OCH3 is 1. The number of benzene rings is 1. The maximum absolute atomic E-state index is 12.5. The van der Waals surface area contributed by atoms with Gasteiger partial charge in [0.2, 0.25) is 5.91 Å². The van der Waals surface area contributed by atoms with E-state index in [0.29, 0.717) is 13.1 Å². The Morgan fingerprint density at radius 2 is 1.82 bits per heavy atom. The normalized spacial score (nSPS) is 19.7. The van der Waals surface area contributed by atoms with Crippen molar-refractivity contribution in [2.45, 2.75) is 32.4 Å². The van der Waals surface area contributed by atoms with E-state index in [9.17, 15) is 14.4 Å². The molecule has 0 aromatic heterocycles. The molecule has 1 aromatic carbocycles. The molecule has 0 atom stereocenters. The third-order valence-electron chi connectivity index (χ3n) is 5.43. The zero-order valence-electron chi connectivity index (χ0n) is 16.8. The Hall–Kier alpha value is -2.61. The van der Waals surface area contributed by atoms with Gasteiger partial charge in [-0.15, -0.1) is 0 Å². The monoisotopic (exact) mass is 389 g/mol. The first kappa shape index (κ1) is 20.1. The summed E-state index contributed by atoms with van der Waals surface area (Å²) in [5, 5.41) is 2.63. The molecule has 2 fully saturated rings. The number of nitrogens with one attached hydrogen (secondary N) is 2. The zero-order chi connectivity index (χ0) is 20.3. The van der Waals surface area contributed by atoms with Crippen LogP contribution in [0.25, 0.3) is 0 Å². The molecule has 28 heavy (non-hydrogen) atoms. The number of carbonyl (C=O) groups excluding carboxylic acids is 3. The number of amides is 4. The van der Waals surface area contributed by atoms with Crippen LogP contribution in [-0.4, -0.2) is 73.0 Å². The number of urea groups is 1. The van der Waals surface area contributed by atoms with Crippen molar-refractivity contribution in [3.63, 3.8) is 0 Å². The van der Waals surface area contributed by atoms with E-state index in [4.69, 9.17) is 4.74 Å². The van der Waals surface area contributed by atoms with Crippen LogP contribution in [0.3, 0.4) is 0 Å². The van der Waals surface area contributed by atoms with Crippen molar-refractivity contribution in [1.82, 2.24) is 15.1 Å². The van der Waals surface area contributed by atoms with Gasteiger partial charge in [0.1, 0.15) is 17.8 Å². The molecule has 1 aromatic rings. The van der Waals surface area contributed by atoms with Crippen molar-refractivity contribution in [3.05, 3.63) is 29.8 Å². The summed E-state index contributed by atoms with van der Waals surface area (Å²) in [6.07, 6.45) is 0.170. The molecule has 4 amide bonds. The third-order valence-corrected chi connectivity index (χ3v) is 5.43. The average Bonchev–Trinajstić information content (AvgIpc) is 2.88. The number of quaternary nitrogens is 1. The van der Waals surface area contributed by atoms with Gasteiger partial charge in [0, 0.05) is 18.5 Å². The quantitative estimate of drug-likeness (QED) is 0.651. The Bertz CT molecular complexity index is 739. The number of piperazine rings is 1. The summed E-state index contributed by atoms with van der Waals surface area (Å²) in [6, 6.07) is 7.65. The molecule has 0 saturated carbocycles. The lowest BCUT2D eigenvalue weighted by atomic mass is 10.1. The third kappa shape index (κ3) is 4.44. The highest BCUT2D eigenvalue weighted by Crippen LogP contribution is 2.17. The number of ether oxygens (including phenoxy) is 1. The van der Waals surface area contributed by atoms with E-state index in [2.05, 4.69) is 17.4 Å². The fourth-order valence-electron chi connectivity index (χ4n) is 3.67. The molecule has 152 valence electrons. The molecule has 2 heterocycles. The molecule has 2 saturated heterocycles. The van der Waals surface area contributed by atoms with Gasteiger partial charge in [-0.05, 0) is 38.1 Å². The van der Waals surface area contributed by atoms with Crippen LogP contribution in [0.4, 0.5) is 4.79 Å². The first-order valence-corrected chi connectivity index (χ1v) is 9.68. The van der Waals surface area contributed by atoms with Gasteiger partial charge in [0.05, 0.1) is 33.3 Å². The van der Waals surface area contributed by atoms with E-state index in [-0.39, 0.29) is 24.8 Å². The van der Waals surface area contributed by atoms with Gasteiger partial charge < -0.3 is 19.9 Å². The number of imide groups is 1. The molecule has 0 bridgehead atoms. The molecule has 3 rings (SSSR count). The molecule has 2 N–H and O–H groups in total. The second kappa shape index (κ2) is 8.18. The lowest BCUT2D eigenvalue weighted by molar-refractivity contribution is -0.917. The lowest BCUT2D eigenvalue weighted by Crippen LogP contribution is -3.13. The summed E-state index contributed by atoms with van der Waals surface area (Å²) in [5.74, 6) is 0.565. The summed E-state index contributed by atoms with van der Waals surface area (Å²) < 4.78 is 5.18. The second-order valence-corrected chi connectivity index (χ2v) is 7.92. The highest BCUT2D eigenvalue weighted by Gasteiger charge is 2.44. The van der Waals surface area contributed by atoms with E-state index in [1.165, 1.54) is 10.5 Å². The van der Waals surface area contributed by atoms with Crippen molar-refractivity contribution in [2.75, 3.05) is 39.8 Å². The van der Waals surface area contributed by atoms with Crippen LogP contribution in [0.1, 0.15) is 25.8 Å². The van der Waals surface area contributed by atoms with Crippen LogP contribution in [0.5, 0.6) is 5.75 Å². The van der Waals surface area contributed by atoms with Crippen LogP contribution in [-0.2, 0) is 16.1 Å². The van der Waals surface area contributed by atoms with Gasteiger partial charge in [-0.3, -0.25) is 14.5 Å². The molecule has 2 aliphatic rings. The SMILES string of the molecule is COc1ccc(C[NH+]2CCN(C(=O)CCN3C(=O)NC(C)(C)C3=O)CC2)cc1. The maximum atomic E-state index is 12.5. The smallest absolute Gasteiger partial charge is 0.325 e. The van der Waals surface area contributed by atoms with Crippen molar-refractivity contribution >= 4 is 17.8 Å². The van der Waals surface area contributed by atoms with Crippen molar-refractivity contribution in [2.24, 2.45) is 0 Å². The van der Waals surface area contributed by atoms with E-state index < -0.39 is 11.6 Å². The Morgan fingerprint density at radius 3 is 2.36 bits per heavy atom. The topological polar surface area (TPSA) is 83.4 Å². The largest absolute Gasteiger partial charge is 0.497 e. The lowest BCUT2D eigenvalue weighted by Gasteiger charge is -2.32. The Morgan fingerprint density at radius 1 is 1.18 bits per heavy atom. The highest BCUT2D eigenvalue weighted by molar-refractivity contribution is 6.06. The predicted octanol–water partition coefficient (Wildman–Crippen LogP) is -0.357. The molecular weight excluding hydrogens is 360 g/mol. The molecule has 0 aliphatic carbocycles.